The van der Waals surface area contributed by atoms with E-state index in [9.17, 15) is 9.59 Å². The van der Waals surface area contributed by atoms with Crippen LogP contribution in [0.1, 0.15) is 10.4 Å². The number of rotatable bonds is 9. The second kappa shape index (κ2) is 11.4. The molecule has 0 aromatic heterocycles. The minimum Gasteiger partial charge on any atom is -0.378 e. The number of nitrogens with one attached hydrogen (secondary N) is 2. The number of carbonyl (C=O) groups is 2. The Balaban J connectivity index is 1.65. The highest BCUT2D eigenvalue weighted by Gasteiger charge is 2.27. The van der Waals surface area contributed by atoms with Crippen molar-refractivity contribution in [3.8, 4) is 11.1 Å². The maximum atomic E-state index is 12.9. The van der Waals surface area contributed by atoms with Gasteiger partial charge < -0.3 is 25.0 Å². The van der Waals surface area contributed by atoms with Gasteiger partial charge in [-0.25, -0.2) is 0 Å². The molecule has 0 spiro atoms. The predicted molar refractivity (Wildman–Crippen MR) is 115 cm³/mol. The molecule has 0 bridgehead atoms. The number of carbonyl (C=O) groups excluding carboxylic acids is 2. The van der Waals surface area contributed by atoms with E-state index in [4.69, 9.17) is 9.47 Å². The van der Waals surface area contributed by atoms with E-state index in [0.29, 0.717) is 45.0 Å². The molecule has 1 aliphatic rings. The van der Waals surface area contributed by atoms with E-state index in [-0.39, 0.29) is 18.4 Å². The number of benzene rings is 2. The summed E-state index contributed by atoms with van der Waals surface area (Å²) in [5, 5.41) is 5.85. The molecule has 1 saturated heterocycles. The first-order valence-electron chi connectivity index (χ1n) is 10.2. The Kier molecular flexibility index (Phi) is 8.38. The summed E-state index contributed by atoms with van der Waals surface area (Å²) in [6.45, 7) is 3.33. The van der Waals surface area contributed by atoms with Crippen LogP contribution in [0.3, 0.4) is 0 Å². The molecule has 160 valence electrons. The second-order valence-corrected chi connectivity index (χ2v) is 7.09. The average Bonchev–Trinajstić information content (AvgIpc) is 2.81. The lowest BCUT2D eigenvalue weighted by Crippen LogP contribution is -2.53. The van der Waals surface area contributed by atoms with Gasteiger partial charge in [-0.05, 0) is 30.3 Å². The number of ether oxygens (including phenoxy) is 2. The van der Waals surface area contributed by atoms with Crippen molar-refractivity contribution in [2.45, 2.75) is 6.04 Å². The van der Waals surface area contributed by atoms with Gasteiger partial charge in [0.1, 0.15) is 6.04 Å². The van der Waals surface area contributed by atoms with Gasteiger partial charge in [-0.2, -0.15) is 0 Å². The van der Waals surface area contributed by atoms with Gasteiger partial charge in [0.15, 0.2) is 0 Å². The zero-order valence-electron chi connectivity index (χ0n) is 17.3. The molecule has 2 amide bonds. The van der Waals surface area contributed by atoms with Crippen molar-refractivity contribution >= 4 is 11.8 Å². The lowest BCUT2D eigenvalue weighted by molar-refractivity contribution is -0.138. The molecule has 0 saturated carbocycles. The highest BCUT2D eigenvalue weighted by Crippen LogP contribution is 2.19. The van der Waals surface area contributed by atoms with E-state index in [0.717, 1.165) is 11.1 Å². The molecule has 0 unspecified atom stereocenters. The van der Waals surface area contributed by atoms with Crippen molar-refractivity contribution in [2.24, 2.45) is 0 Å². The fourth-order valence-corrected chi connectivity index (χ4v) is 3.24. The lowest BCUT2D eigenvalue weighted by atomic mass is 10.0. The molecule has 0 aliphatic carbocycles. The Morgan fingerprint density at radius 1 is 1.03 bits per heavy atom. The van der Waals surface area contributed by atoms with Crippen LogP contribution in [-0.4, -0.2) is 75.9 Å². The molecule has 1 aliphatic heterocycles. The molecule has 1 fully saturated rings. The lowest BCUT2D eigenvalue weighted by Gasteiger charge is -2.30. The molecule has 30 heavy (non-hydrogen) atoms. The van der Waals surface area contributed by atoms with Crippen LogP contribution in [0, 0.1) is 0 Å². The summed E-state index contributed by atoms with van der Waals surface area (Å²) < 4.78 is 10.9. The summed E-state index contributed by atoms with van der Waals surface area (Å²) >= 11 is 0. The van der Waals surface area contributed by atoms with Crippen LogP contribution in [0.25, 0.3) is 11.1 Å². The largest absolute Gasteiger partial charge is 0.378 e. The fourth-order valence-electron chi connectivity index (χ4n) is 3.24. The predicted octanol–water partition coefficient (Wildman–Crippen LogP) is 1.55. The summed E-state index contributed by atoms with van der Waals surface area (Å²) in [7, 11) is 1.83. The number of amides is 2. The van der Waals surface area contributed by atoms with Crippen molar-refractivity contribution in [3.05, 3.63) is 60.2 Å². The normalized spacial score (nSPS) is 14.9. The van der Waals surface area contributed by atoms with Gasteiger partial charge >= 0.3 is 0 Å². The highest BCUT2D eigenvalue weighted by atomic mass is 16.5. The third-order valence-electron chi connectivity index (χ3n) is 4.96. The Hall–Kier alpha value is -2.74. The summed E-state index contributed by atoms with van der Waals surface area (Å²) in [4.78, 5) is 27.4. The molecule has 7 heteroatoms. The molecule has 3 rings (SSSR count). The molecule has 2 aromatic carbocycles. The van der Waals surface area contributed by atoms with Gasteiger partial charge in [-0.3, -0.25) is 9.59 Å². The van der Waals surface area contributed by atoms with Crippen molar-refractivity contribution < 1.29 is 19.1 Å². The van der Waals surface area contributed by atoms with Crippen LogP contribution in [0.4, 0.5) is 0 Å². The van der Waals surface area contributed by atoms with E-state index in [2.05, 4.69) is 10.6 Å². The summed E-state index contributed by atoms with van der Waals surface area (Å²) in [6, 6.07) is 16.6. The highest BCUT2D eigenvalue weighted by molar-refractivity contribution is 5.98. The number of nitrogens with zero attached hydrogens (tertiary/aromatic N) is 1. The molecule has 2 N–H and O–H groups in total. The maximum absolute atomic E-state index is 12.9. The zero-order valence-corrected chi connectivity index (χ0v) is 17.3. The van der Waals surface area contributed by atoms with Crippen molar-refractivity contribution in [2.75, 3.05) is 53.1 Å². The van der Waals surface area contributed by atoms with E-state index >= 15 is 0 Å². The molecule has 1 heterocycles. The number of morpholine rings is 1. The Morgan fingerprint density at radius 2 is 1.70 bits per heavy atom. The molecular formula is C23H29N3O4. The average molecular weight is 412 g/mol. The minimum absolute atomic E-state index is 0.131. The number of likely N-dealkylation sites (N-methyl/N-ethyl adjacent to an activating group) is 1. The third kappa shape index (κ3) is 6.13. The monoisotopic (exact) mass is 411 g/mol. The van der Waals surface area contributed by atoms with Crippen molar-refractivity contribution in [1.29, 1.82) is 0 Å². The summed E-state index contributed by atoms with van der Waals surface area (Å²) in [5.41, 5.74) is 2.62. The molecule has 0 radical (unpaired) electrons. The van der Waals surface area contributed by atoms with Crippen LogP contribution in [0.2, 0.25) is 0 Å². The van der Waals surface area contributed by atoms with Gasteiger partial charge in [0.2, 0.25) is 5.91 Å². The van der Waals surface area contributed by atoms with Crippen LogP contribution >= 0.6 is 0 Å². The van der Waals surface area contributed by atoms with Gasteiger partial charge in [0.05, 0.1) is 26.4 Å². The quantitative estimate of drug-likeness (QED) is 0.612. The minimum atomic E-state index is -0.735. The van der Waals surface area contributed by atoms with E-state index in [1.54, 1.807) is 17.0 Å². The summed E-state index contributed by atoms with van der Waals surface area (Å²) in [6.07, 6.45) is 0. The first-order valence-corrected chi connectivity index (χ1v) is 10.2. The van der Waals surface area contributed by atoms with Crippen LogP contribution < -0.4 is 10.6 Å². The zero-order chi connectivity index (χ0) is 21.2. The standard InChI is InChI=1S/C23H29N3O4/c1-24-11-14-30-17-21(23(28)26-12-15-29-16-13-26)25-22(27)20-9-7-19(8-10-20)18-5-3-2-4-6-18/h2-10,21,24H,11-17H2,1H3,(H,25,27)/t21-/m0/s1. The van der Waals surface area contributed by atoms with Gasteiger partial charge in [-0.15, -0.1) is 0 Å². The van der Waals surface area contributed by atoms with Gasteiger partial charge in [-0.1, -0.05) is 42.5 Å². The van der Waals surface area contributed by atoms with Crippen molar-refractivity contribution in [3.63, 3.8) is 0 Å². The van der Waals surface area contributed by atoms with Crippen molar-refractivity contribution in [1.82, 2.24) is 15.5 Å². The van der Waals surface area contributed by atoms with Gasteiger partial charge in [0.25, 0.3) is 5.91 Å². The Bertz CT molecular complexity index is 805. The third-order valence-corrected chi connectivity index (χ3v) is 4.96. The van der Waals surface area contributed by atoms with Crippen LogP contribution in [0.5, 0.6) is 0 Å². The Labute approximate surface area is 177 Å². The smallest absolute Gasteiger partial charge is 0.251 e. The van der Waals surface area contributed by atoms with E-state index in [1.807, 2.05) is 49.5 Å². The molecule has 1 atom stereocenters. The molecule has 2 aromatic rings. The Morgan fingerprint density at radius 3 is 2.37 bits per heavy atom. The molecule has 7 nitrogen and oxygen atoms in total. The van der Waals surface area contributed by atoms with E-state index < -0.39 is 6.04 Å². The molecular weight excluding hydrogens is 382 g/mol. The number of hydrogen-bond acceptors (Lipinski definition) is 5. The van der Waals surface area contributed by atoms with E-state index in [1.165, 1.54) is 0 Å². The maximum Gasteiger partial charge on any atom is 0.251 e. The van der Waals surface area contributed by atoms with Crippen LogP contribution in [0.15, 0.2) is 54.6 Å². The number of hydrogen-bond donors (Lipinski definition) is 2. The first kappa shape index (κ1) is 22.0. The fraction of sp³-hybridized carbons (Fsp3) is 0.391. The van der Waals surface area contributed by atoms with Gasteiger partial charge in [0, 0.05) is 25.2 Å². The topological polar surface area (TPSA) is 79.9 Å². The van der Waals surface area contributed by atoms with Crippen LogP contribution in [-0.2, 0) is 14.3 Å². The first-order chi connectivity index (χ1) is 14.7. The summed E-state index contributed by atoms with van der Waals surface area (Å²) in [5.74, 6) is -0.435. The SMILES string of the molecule is CNCCOC[C@H](NC(=O)c1ccc(-c2ccccc2)cc1)C(=O)N1CCOCC1. The second-order valence-electron chi connectivity index (χ2n) is 7.09.